The Morgan fingerprint density at radius 3 is 1.82 bits per heavy atom. The number of benzene rings is 1. The molecule has 0 atom stereocenters. The van der Waals surface area contributed by atoms with Gasteiger partial charge in [0.1, 0.15) is 22.8 Å². The number of unbranched alkanes of at least 4 members (excludes halogenated alkanes) is 5. The van der Waals surface area contributed by atoms with Crippen LogP contribution in [0.4, 0.5) is 0 Å². The monoisotopic (exact) mass is 386 g/mol. The van der Waals surface area contributed by atoms with Gasteiger partial charge < -0.3 is 15.3 Å². The predicted molar refractivity (Wildman–Crippen MR) is 115 cm³/mol. The van der Waals surface area contributed by atoms with Crippen molar-refractivity contribution in [3.05, 3.63) is 54.2 Å². The fraction of sp³-hybridized carbons (Fsp3) is 0.458. The van der Waals surface area contributed by atoms with Gasteiger partial charge in [-0.2, -0.15) is 0 Å². The van der Waals surface area contributed by atoms with Crippen LogP contribution in [0.25, 0.3) is 0 Å². The van der Waals surface area contributed by atoms with Gasteiger partial charge in [0.25, 0.3) is 0 Å². The first-order valence-corrected chi connectivity index (χ1v) is 10.3. The Kier molecular flexibility index (Phi) is 12.2. The summed E-state index contributed by atoms with van der Waals surface area (Å²) in [5.41, 5.74) is -0.113. The van der Waals surface area contributed by atoms with Gasteiger partial charge in [0.2, 0.25) is 0 Å². The molecule has 0 heterocycles. The van der Waals surface area contributed by atoms with Crippen LogP contribution in [0.15, 0.2) is 48.6 Å². The lowest BCUT2D eigenvalue weighted by molar-refractivity contribution is 0.0974. The summed E-state index contributed by atoms with van der Waals surface area (Å²) in [5, 5.41) is 28.7. The maximum atomic E-state index is 12.1. The number of hydrogen-bond acceptors (Lipinski definition) is 4. The quantitative estimate of drug-likeness (QED) is 0.192. The largest absolute Gasteiger partial charge is 0.508 e. The van der Waals surface area contributed by atoms with Crippen molar-refractivity contribution in [3.63, 3.8) is 0 Å². The molecule has 0 unspecified atom stereocenters. The highest BCUT2D eigenvalue weighted by Gasteiger charge is 2.17. The van der Waals surface area contributed by atoms with Crippen LogP contribution in [-0.4, -0.2) is 21.1 Å². The Hall–Kier alpha value is -2.49. The molecular weight excluding hydrogens is 352 g/mol. The molecule has 0 amide bonds. The minimum atomic E-state index is -0.384. The van der Waals surface area contributed by atoms with Crippen molar-refractivity contribution >= 4 is 5.78 Å². The minimum absolute atomic E-state index is 0.113. The summed E-state index contributed by atoms with van der Waals surface area (Å²) in [6.07, 6.45) is 22.7. The summed E-state index contributed by atoms with van der Waals surface area (Å²) in [5.74, 6) is -1.35. The van der Waals surface area contributed by atoms with Crippen molar-refractivity contribution in [1.29, 1.82) is 0 Å². The van der Waals surface area contributed by atoms with E-state index < -0.39 is 0 Å². The Balaban J connectivity index is 2.12. The molecule has 1 rings (SSSR count). The topological polar surface area (TPSA) is 77.8 Å². The molecule has 0 radical (unpaired) electrons. The van der Waals surface area contributed by atoms with Gasteiger partial charge in [-0.3, -0.25) is 4.79 Å². The van der Waals surface area contributed by atoms with E-state index in [1.54, 1.807) is 0 Å². The fourth-order valence-electron chi connectivity index (χ4n) is 2.85. The molecule has 1 aromatic carbocycles. The Labute approximate surface area is 168 Å². The number of carbonyl (C=O) groups is 1. The molecule has 0 aliphatic rings. The van der Waals surface area contributed by atoms with Crippen molar-refractivity contribution in [2.45, 2.75) is 71.1 Å². The van der Waals surface area contributed by atoms with Crippen molar-refractivity contribution < 1.29 is 20.1 Å². The van der Waals surface area contributed by atoms with Crippen LogP contribution in [0.1, 0.15) is 81.5 Å². The molecule has 0 fully saturated rings. The second-order valence-electron chi connectivity index (χ2n) is 6.91. The molecule has 4 nitrogen and oxygen atoms in total. The molecule has 0 saturated carbocycles. The number of Topliss-reactive ketones (excluding diaryl/α,β-unsaturated/α-hetero) is 1. The minimum Gasteiger partial charge on any atom is -0.508 e. The van der Waals surface area contributed by atoms with E-state index in [1.165, 1.54) is 25.7 Å². The second-order valence-corrected chi connectivity index (χ2v) is 6.91. The zero-order valence-electron chi connectivity index (χ0n) is 16.9. The van der Waals surface area contributed by atoms with Crippen molar-refractivity contribution in [1.82, 2.24) is 0 Å². The van der Waals surface area contributed by atoms with Gasteiger partial charge in [0.15, 0.2) is 5.78 Å². The molecule has 0 bridgehead atoms. The summed E-state index contributed by atoms with van der Waals surface area (Å²) >= 11 is 0. The summed E-state index contributed by atoms with van der Waals surface area (Å²) in [4.78, 5) is 12.1. The molecule has 4 heteroatoms. The number of allylic oxidation sites excluding steroid dienone is 6. The number of ketones is 1. The van der Waals surface area contributed by atoms with E-state index in [-0.39, 0.29) is 35.0 Å². The van der Waals surface area contributed by atoms with Gasteiger partial charge >= 0.3 is 0 Å². The molecule has 0 aliphatic heterocycles. The van der Waals surface area contributed by atoms with Gasteiger partial charge in [-0.25, -0.2) is 0 Å². The van der Waals surface area contributed by atoms with Crippen LogP contribution in [0.5, 0.6) is 17.2 Å². The standard InChI is InChI=1S/C24H34O4/c1-2-3-4-5-6-7-8-9-10-11-12-13-14-15-16-17-21(26)24-22(27)18-20(25)19-23(24)28/h6-7,9-10,12-13,18-19,25,27-28H,2-5,8,11,14-17H2,1H3. The number of phenolic OH excluding ortho intramolecular Hbond substituents is 3. The molecule has 0 saturated heterocycles. The molecule has 0 aromatic heterocycles. The maximum absolute atomic E-state index is 12.1. The third kappa shape index (κ3) is 10.0. The predicted octanol–water partition coefficient (Wildman–Crippen LogP) is 6.58. The van der Waals surface area contributed by atoms with Gasteiger partial charge in [0.05, 0.1) is 0 Å². The molecule has 154 valence electrons. The van der Waals surface area contributed by atoms with Crippen LogP contribution in [0.3, 0.4) is 0 Å². The molecule has 28 heavy (non-hydrogen) atoms. The number of carbonyl (C=O) groups excluding carboxylic acids is 1. The van der Waals surface area contributed by atoms with Crippen molar-refractivity contribution in [2.75, 3.05) is 0 Å². The lowest BCUT2D eigenvalue weighted by Crippen LogP contribution is -2.00. The van der Waals surface area contributed by atoms with Crippen LogP contribution in [-0.2, 0) is 0 Å². The van der Waals surface area contributed by atoms with Crippen molar-refractivity contribution in [2.24, 2.45) is 0 Å². The average Bonchev–Trinajstić information content (AvgIpc) is 2.64. The number of hydrogen-bond donors (Lipinski definition) is 3. The van der Waals surface area contributed by atoms with E-state index in [1.807, 2.05) is 0 Å². The van der Waals surface area contributed by atoms with Crippen LogP contribution < -0.4 is 0 Å². The Morgan fingerprint density at radius 1 is 0.786 bits per heavy atom. The van der Waals surface area contributed by atoms with Gasteiger partial charge in [-0.1, -0.05) is 56.2 Å². The summed E-state index contributed by atoms with van der Waals surface area (Å²) in [7, 11) is 0. The lowest BCUT2D eigenvalue weighted by atomic mass is 10.0. The average molecular weight is 387 g/mol. The molecular formula is C24H34O4. The molecule has 3 N–H and O–H groups in total. The smallest absolute Gasteiger partial charge is 0.170 e. The number of aromatic hydroxyl groups is 3. The lowest BCUT2D eigenvalue weighted by Gasteiger charge is -2.06. The van der Waals surface area contributed by atoms with Crippen LogP contribution in [0, 0.1) is 0 Å². The Bertz CT molecular complexity index is 648. The SMILES string of the molecule is CCCCCC=CCC=CCC=CCCCCC(=O)c1c(O)cc(O)cc1O. The van der Waals surface area contributed by atoms with Crippen LogP contribution >= 0.6 is 0 Å². The van der Waals surface area contributed by atoms with E-state index in [9.17, 15) is 20.1 Å². The zero-order valence-corrected chi connectivity index (χ0v) is 16.9. The first-order chi connectivity index (χ1) is 13.6. The third-order valence-corrected chi connectivity index (χ3v) is 4.40. The van der Waals surface area contributed by atoms with E-state index in [0.717, 1.165) is 37.8 Å². The number of rotatable bonds is 14. The van der Waals surface area contributed by atoms with E-state index in [4.69, 9.17) is 0 Å². The first-order valence-electron chi connectivity index (χ1n) is 10.3. The van der Waals surface area contributed by atoms with E-state index in [0.29, 0.717) is 6.42 Å². The zero-order chi connectivity index (χ0) is 20.6. The van der Waals surface area contributed by atoms with Gasteiger partial charge in [0, 0.05) is 18.6 Å². The third-order valence-electron chi connectivity index (χ3n) is 4.40. The van der Waals surface area contributed by atoms with Gasteiger partial charge in [-0.15, -0.1) is 0 Å². The highest BCUT2D eigenvalue weighted by Crippen LogP contribution is 2.33. The second kappa shape index (κ2) is 14.6. The first kappa shape index (κ1) is 23.5. The number of phenols is 3. The van der Waals surface area contributed by atoms with Crippen molar-refractivity contribution in [3.8, 4) is 17.2 Å². The van der Waals surface area contributed by atoms with E-state index in [2.05, 4.69) is 43.4 Å². The highest BCUT2D eigenvalue weighted by molar-refractivity contribution is 6.01. The molecule has 1 aromatic rings. The fourth-order valence-corrected chi connectivity index (χ4v) is 2.85. The summed E-state index contributed by atoms with van der Waals surface area (Å²) < 4.78 is 0. The van der Waals surface area contributed by atoms with Gasteiger partial charge in [-0.05, 0) is 44.9 Å². The highest BCUT2D eigenvalue weighted by atomic mass is 16.3. The summed E-state index contributed by atoms with van der Waals surface area (Å²) in [6, 6.07) is 2.12. The maximum Gasteiger partial charge on any atom is 0.170 e. The Morgan fingerprint density at radius 2 is 1.29 bits per heavy atom. The van der Waals surface area contributed by atoms with Crippen LogP contribution in [0.2, 0.25) is 0 Å². The molecule has 0 spiro atoms. The summed E-state index contributed by atoms with van der Waals surface area (Å²) in [6.45, 7) is 2.22. The molecule has 0 aliphatic carbocycles. The normalized spacial score (nSPS) is 11.9. The van der Waals surface area contributed by atoms with E-state index >= 15 is 0 Å².